The minimum absolute atomic E-state index is 0.0405. The van der Waals surface area contributed by atoms with Crippen LogP contribution in [0.3, 0.4) is 0 Å². The molecule has 3 fully saturated rings. The third kappa shape index (κ3) is 6.02. The summed E-state index contributed by atoms with van der Waals surface area (Å²) in [5.41, 5.74) is 0. The van der Waals surface area contributed by atoms with Crippen LogP contribution in [0.2, 0.25) is 0 Å². The van der Waals surface area contributed by atoms with Gasteiger partial charge in [0.1, 0.15) is 12.7 Å². The van der Waals surface area contributed by atoms with Crippen LogP contribution >= 0.6 is 0 Å². The molecular weight excluding hydrogens is 252 g/mol. The van der Waals surface area contributed by atoms with Crippen molar-refractivity contribution in [3.63, 3.8) is 0 Å². The Bertz CT molecular complexity index is 315. The van der Waals surface area contributed by atoms with E-state index in [4.69, 9.17) is 14.6 Å². The summed E-state index contributed by atoms with van der Waals surface area (Å²) in [6.45, 7) is 0.880. The van der Waals surface area contributed by atoms with Crippen molar-refractivity contribution in [1.82, 2.24) is 0 Å². The number of carboxylic acids is 1. The van der Waals surface area contributed by atoms with Crippen molar-refractivity contribution in [2.24, 2.45) is 0 Å². The molecule has 3 aliphatic rings. The lowest BCUT2D eigenvalue weighted by Crippen LogP contribution is -2.11. The molecule has 108 valence electrons. The maximum atomic E-state index is 10.7. The number of carboxylic acid groups (broad SMARTS) is 1. The lowest BCUT2D eigenvalue weighted by Gasteiger charge is -2.00. The van der Waals surface area contributed by atoms with Gasteiger partial charge in [-0.15, -0.1) is 0 Å². The van der Waals surface area contributed by atoms with Crippen LogP contribution in [0.25, 0.3) is 0 Å². The average Bonchev–Trinajstić information content (AvgIpc) is 3.28. The monoisotopic (exact) mass is 272 g/mol. The molecule has 0 spiro atoms. The maximum Gasteiger partial charge on any atom is 0.306 e. The fourth-order valence-corrected chi connectivity index (χ4v) is 2.01. The second-order valence-corrected chi connectivity index (χ2v) is 5.03. The Morgan fingerprint density at radius 3 is 2.26 bits per heavy atom. The van der Waals surface area contributed by atoms with E-state index in [1.165, 1.54) is 25.7 Å². The summed E-state index contributed by atoms with van der Waals surface area (Å²) in [6.07, 6.45) is 6.69. The van der Waals surface area contributed by atoms with Gasteiger partial charge in [0.05, 0.1) is 31.7 Å². The van der Waals surface area contributed by atoms with Crippen LogP contribution in [-0.4, -0.2) is 48.6 Å². The van der Waals surface area contributed by atoms with E-state index in [2.05, 4.69) is 4.74 Å². The zero-order chi connectivity index (χ0) is 13.7. The van der Waals surface area contributed by atoms with Gasteiger partial charge in [-0.1, -0.05) is 12.8 Å². The number of ether oxygens (including phenoxy) is 3. The summed E-state index contributed by atoms with van der Waals surface area (Å²) in [4.78, 5) is 20.8. The van der Waals surface area contributed by atoms with E-state index < -0.39 is 11.9 Å². The number of esters is 1. The van der Waals surface area contributed by atoms with Crippen molar-refractivity contribution in [2.75, 3.05) is 13.2 Å². The number of carbonyl (C=O) groups excluding carboxylic acids is 1. The van der Waals surface area contributed by atoms with Gasteiger partial charge >= 0.3 is 11.9 Å². The highest BCUT2D eigenvalue weighted by Crippen LogP contribution is 2.35. The van der Waals surface area contributed by atoms with Crippen molar-refractivity contribution in [3.8, 4) is 0 Å². The number of fused-ring (bicyclic) bond motifs is 1. The summed E-state index contributed by atoms with van der Waals surface area (Å²) in [5, 5.41) is 8.22. The molecule has 0 radical (unpaired) electrons. The Morgan fingerprint density at radius 1 is 1.16 bits per heavy atom. The third-order valence-electron chi connectivity index (χ3n) is 3.29. The van der Waals surface area contributed by atoms with E-state index in [1.54, 1.807) is 0 Å². The lowest BCUT2D eigenvalue weighted by atomic mass is 10.0. The van der Waals surface area contributed by atoms with Crippen LogP contribution in [-0.2, 0) is 23.8 Å². The van der Waals surface area contributed by atoms with Crippen molar-refractivity contribution in [2.45, 2.75) is 56.8 Å². The van der Waals surface area contributed by atoms with E-state index in [9.17, 15) is 9.59 Å². The van der Waals surface area contributed by atoms with Crippen LogP contribution in [0.5, 0.6) is 0 Å². The van der Waals surface area contributed by atoms with Crippen molar-refractivity contribution in [1.29, 1.82) is 0 Å². The fourth-order valence-electron chi connectivity index (χ4n) is 2.01. The quantitative estimate of drug-likeness (QED) is 0.596. The van der Waals surface area contributed by atoms with Crippen LogP contribution in [0.4, 0.5) is 0 Å². The number of carbonyl (C=O) groups is 2. The highest BCUT2D eigenvalue weighted by Gasteiger charge is 2.39. The van der Waals surface area contributed by atoms with Crippen molar-refractivity contribution >= 4 is 11.9 Å². The summed E-state index contributed by atoms with van der Waals surface area (Å²) >= 11 is 0. The van der Waals surface area contributed by atoms with Gasteiger partial charge in [0.25, 0.3) is 0 Å². The number of hydrogen-bond acceptors (Lipinski definition) is 5. The molecule has 0 bridgehead atoms. The number of epoxide rings is 2. The Hall–Kier alpha value is -1.14. The minimum Gasteiger partial charge on any atom is -0.481 e. The third-order valence-corrected chi connectivity index (χ3v) is 3.29. The molecule has 0 aromatic rings. The molecule has 2 aliphatic heterocycles. The second-order valence-electron chi connectivity index (χ2n) is 5.03. The summed E-state index contributed by atoms with van der Waals surface area (Å²) in [5.74, 6) is -1.47. The summed E-state index contributed by atoms with van der Waals surface area (Å²) in [6, 6.07) is 0. The highest BCUT2D eigenvalue weighted by molar-refractivity contribution is 5.76. The zero-order valence-electron chi connectivity index (χ0n) is 10.9. The SMILES string of the molecule is C1CCC2OC2C1.O=C(O)CCC(=O)OCC1CO1. The predicted molar refractivity (Wildman–Crippen MR) is 64.7 cm³/mol. The highest BCUT2D eigenvalue weighted by atomic mass is 16.6. The Balaban J connectivity index is 0.000000159. The fraction of sp³-hybridized carbons (Fsp3) is 0.846. The first kappa shape index (κ1) is 14.3. The van der Waals surface area contributed by atoms with E-state index >= 15 is 0 Å². The van der Waals surface area contributed by atoms with E-state index in [1.807, 2.05) is 0 Å². The maximum absolute atomic E-state index is 10.7. The zero-order valence-corrected chi connectivity index (χ0v) is 10.9. The van der Waals surface area contributed by atoms with Crippen molar-refractivity contribution in [3.05, 3.63) is 0 Å². The molecule has 0 amide bonds. The standard InChI is InChI=1S/C7H10O5.C6H10O/c8-6(9)1-2-7(10)12-4-5-3-11-5;1-2-4-6-5(3-1)7-6/h5H,1-4H2,(H,8,9);5-6H,1-4H2. The van der Waals surface area contributed by atoms with Crippen LogP contribution in [0, 0.1) is 0 Å². The average molecular weight is 272 g/mol. The van der Waals surface area contributed by atoms with E-state index in [0.717, 1.165) is 0 Å². The molecule has 6 heteroatoms. The van der Waals surface area contributed by atoms with Gasteiger partial charge in [-0.25, -0.2) is 0 Å². The first-order chi connectivity index (χ1) is 9.15. The van der Waals surface area contributed by atoms with E-state index in [-0.39, 0.29) is 25.6 Å². The summed E-state index contributed by atoms with van der Waals surface area (Å²) < 4.78 is 14.8. The number of rotatable bonds is 5. The summed E-state index contributed by atoms with van der Waals surface area (Å²) in [7, 11) is 0. The molecule has 1 saturated carbocycles. The van der Waals surface area contributed by atoms with E-state index in [0.29, 0.717) is 18.8 Å². The van der Waals surface area contributed by atoms with Gasteiger partial charge in [-0.2, -0.15) is 0 Å². The topological polar surface area (TPSA) is 88.7 Å². The van der Waals surface area contributed by atoms with Crippen LogP contribution in [0.1, 0.15) is 38.5 Å². The van der Waals surface area contributed by atoms with Gasteiger partial charge in [-0.3, -0.25) is 9.59 Å². The molecule has 3 rings (SSSR count). The Morgan fingerprint density at radius 2 is 1.79 bits per heavy atom. The van der Waals surface area contributed by atoms with Crippen molar-refractivity contribution < 1.29 is 28.9 Å². The van der Waals surface area contributed by atoms with Gasteiger partial charge in [-0.05, 0) is 12.8 Å². The first-order valence-corrected chi connectivity index (χ1v) is 6.79. The first-order valence-electron chi connectivity index (χ1n) is 6.79. The molecule has 0 aromatic carbocycles. The predicted octanol–water partition coefficient (Wildman–Crippen LogP) is 1.12. The van der Waals surface area contributed by atoms with Crippen LogP contribution < -0.4 is 0 Å². The minimum atomic E-state index is -0.991. The Labute approximate surface area is 112 Å². The second kappa shape index (κ2) is 6.86. The molecule has 19 heavy (non-hydrogen) atoms. The van der Waals surface area contributed by atoms with Gasteiger partial charge in [0.2, 0.25) is 0 Å². The largest absolute Gasteiger partial charge is 0.481 e. The molecule has 2 saturated heterocycles. The van der Waals surface area contributed by atoms with Crippen LogP contribution in [0.15, 0.2) is 0 Å². The molecular formula is C13H20O6. The Kier molecular flexibility index (Phi) is 5.15. The normalized spacial score (nSPS) is 30.4. The molecule has 3 atom stereocenters. The van der Waals surface area contributed by atoms with Gasteiger partial charge < -0.3 is 19.3 Å². The van der Waals surface area contributed by atoms with Gasteiger partial charge in [0, 0.05) is 0 Å². The number of aliphatic carboxylic acids is 1. The number of hydrogen-bond donors (Lipinski definition) is 1. The lowest BCUT2D eigenvalue weighted by molar-refractivity contribution is -0.148. The molecule has 6 nitrogen and oxygen atoms in total. The molecule has 0 aromatic heterocycles. The molecule has 2 heterocycles. The smallest absolute Gasteiger partial charge is 0.306 e. The van der Waals surface area contributed by atoms with Gasteiger partial charge in [0.15, 0.2) is 0 Å². The molecule has 1 N–H and O–H groups in total. The molecule has 3 unspecified atom stereocenters. The molecule has 1 aliphatic carbocycles.